The molecule has 2 N–H and O–H groups in total. The number of hydrogen-bond acceptors (Lipinski definition) is 3. The molecule has 0 radical (unpaired) electrons. The van der Waals surface area contributed by atoms with Crippen LogP contribution < -0.4 is 5.73 Å². The number of nitrogen functional groups attached to an aromatic ring is 1. The zero-order chi connectivity index (χ0) is 13.3. The average molecular weight is 315 g/mol. The van der Waals surface area contributed by atoms with Crippen molar-refractivity contribution >= 4 is 28.1 Å². The van der Waals surface area contributed by atoms with Crippen molar-refractivity contribution in [1.29, 1.82) is 0 Å². The van der Waals surface area contributed by atoms with E-state index in [9.17, 15) is 8.78 Å². The monoisotopic (exact) mass is 314 g/mol. The third-order valence-corrected chi connectivity index (χ3v) is 2.95. The normalized spacial score (nSPS) is 11.3. The van der Waals surface area contributed by atoms with Gasteiger partial charge in [0.1, 0.15) is 11.6 Å². The van der Waals surface area contributed by atoms with Crippen LogP contribution in [0.15, 0.2) is 27.9 Å². The first-order valence-electron chi connectivity index (χ1n) is 4.98. The number of benzene rings is 1. The van der Waals surface area contributed by atoms with Crippen molar-refractivity contribution in [3.63, 3.8) is 0 Å². The van der Waals surface area contributed by atoms with E-state index in [1.54, 1.807) is 13.1 Å². The molecule has 0 aliphatic rings. The number of aromatic nitrogens is 2. The van der Waals surface area contributed by atoms with Gasteiger partial charge in [-0.25, -0.2) is 18.4 Å². The molecule has 0 aliphatic carbocycles. The van der Waals surface area contributed by atoms with Crippen LogP contribution in [0.1, 0.15) is 11.3 Å². The predicted octanol–water partition coefficient (Wildman–Crippen LogP) is 2.70. The molecule has 0 aliphatic heterocycles. The summed E-state index contributed by atoms with van der Waals surface area (Å²) in [4.78, 5) is 3.94. The van der Waals surface area contributed by atoms with Crippen molar-refractivity contribution in [2.45, 2.75) is 6.92 Å². The fourth-order valence-corrected chi connectivity index (χ4v) is 1.72. The maximum Gasteiger partial charge on any atom is 0.221 e. The van der Waals surface area contributed by atoms with Crippen molar-refractivity contribution in [2.75, 3.05) is 5.73 Å². The fraction of sp³-hybridized carbons (Fsp3) is 0.0909. The van der Waals surface area contributed by atoms with Crippen molar-refractivity contribution in [3.8, 4) is 0 Å². The molecule has 0 spiro atoms. The number of nitrogens with two attached hydrogens (primary N) is 1. The van der Waals surface area contributed by atoms with Crippen molar-refractivity contribution in [1.82, 2.24) is 9.66 Å². The maximum atomic E-state index is 13.6. The van der Waals surface area contributed by atoms with E-state index in [0.717, 1.165) is 6.07 Å². The standard InChI is InChI=1S/C11H9BrF2N4/c1-6-5-18(11(15)17-6)16-4-7-2-3-8(13)9(12)10(7)14/h2-5H,1H3,(H2,15,17). The number of aryl methyl sites for hydroxylation is 1. The highest BCUT2D eigenvalue weighted by Crippen LogP contribution is 2.21. The van der Waals surface area contributed by atoms with Gasteiger partial charge in [-0.15, -0.1) is 0 Å². The van der Waals surface area contributed by atoms with Crippen LogP contribution in [-0.2, 0) is 0 Å². The summed E-state index contributed by atoms with van der Waals surface area (Å²) in [5.41, 5.74) is 6.42. The molecule has 4 nitrogen and oxygen atoms in total. The molecule has 94 valence electrons. The summed E-state index contributed by atoms with van der Waals surface area (Å²) >= 11 is 2.82. The Kier molecular flexibility index (Phi) is 3.42. The van der Waals surface area contributed by atoms with Crippen LogP contribution in [0, 0.1) is 18.6 Å². The smallest absolute Gasteiger partial charge is 0.221 e. The molecule has 0 saturated heterocycles. The van der Waals surface area contributed by atoms with Gasteiger partial charge in [-0.1, -0.05) is 0 Å². The summed E-state index contributed by atoms with van der Waals surface area (Å²) < 4.78 is 27.8. The molecule has 0 fully saturated rings. The first-order valence-corrected chi connectivity index (χ1v) is 5.77. The fourth-order valence-electron chi connectivity index (χ4n) is 1.36. The van der Waals surface area contributed by atoms with Gasteiger partial charge in [0.25, 0.3) is 0 Å². The lowest BCUT2D eigenvalue weighted by Gasteiger charge is -2.00. The van der Waals surface area contributed by atoms with E-state index in [2.05, 4.69) is 26.0 Å². The number of halogens is 3. The molecular weight excluding hydrogens is 306 g/mol. The number of nitrogens with zero attached hydrogens (tertiary/aromatic N) is 3. The van der Waals surface area contributed by atoms with Crippen molar-refractivity contribution in [2.24, 2.45) is 5.10 Å². The highest BCUT2D eigenvalue weighted by molar-refractivity contribution is 9.10. The van der Waals surface area contributed by atoms with Crippen LogP contribution >= 0.6 is 15.9 Å². The molecule has 1 aromatic heterocycles. The second-order valence-electron chi connectivity index (χ2n) is 3.59. The van der Waals surface area contributed by atoms with Gasteiger partial charge in [-0.2, -0.15) is 5.10 Å². The van der Waals surface area contributed by atoms with Gasteiger partial charge in [-0.3, -0.25) is 0 Å². The molecule has 18 heavy (non-hydrogen) atoms. The van der Waals surface area contributed by atoms with Crippen LogP contribution in [0.5, 0.6) is 0 Å². The molecule has 2 aromatic rings. The van der Waals surface area contributed by atoms with Crippen LogP contribution in [-0.4, -0.2) is 15.9 Å². The molecule has 0 saturated carbocycles. The predicted molar refractivity (Wildman–Crippen MR) is 68.4 cm³/mol. The van der Waals surface area contributed by atoms with Gasteiger partial charge >= 0.3 is 0 Å². The number of rotatable bonds is 2. The Labute approximate surface area is 110 Å². The topological polar surface area (TPSA) is 56.2 Å². The maximum absolute atomic E-state index is 13.6. The van der Waals surface area contributed by atoms with Gasteiger partial charge in [-0.05, 0) is 35.0 Å². The van der Waals surface area contributed by atoms with E-state index in [4.69, 9.17) is 5.73 Å². The Morgan fingerprint density at radius 2 is 2.17 bits per heavy atom. The zero-order valence-corrected chi connectivity index (χ0v) is 10.9. The molecule has 1 aromatic carbocycles. The van der Waals surface area contributed by atoms with Gasteiger partial charge in [0.2, 0.25) is 5.95 Å². The zero-order valence-electron chi connectivity index (χ0n) is 9.36. The van der Waals surface area contributed by atoms with Gasteiger partial charge < -0.3 is 5.73 Å². The van der Waals surface area contributed by atoms with E-state index < -0.39 is 11.6 Å². The molecule has 2 rings (SSSR count). The van der Waals surface area contributed by atoms with Gasteiger partial charge in [0.05, 0.1) is 22.6 Å². The summed E-state index contributed by atoms with van der Waals surface area (Å²) in [6.07, 6.45) is 2.85. The molecule has 0 bridgehead atoms. The molecule has 0 unspecified atom stereocenters. The van der Waals surface area contributed by atoms with E-state index in [1.807, 2.05) is 0 Å². The Morgan fingerprint density at radius 1 is 1.44 bits per heavy atom. The molecule has 1 heterocycles. The largest absolute Gasteiger partial charge is 0.368 e. The average Bonchev–Trinajstić information content (AvgIpc) is 2.64. The molecular formula is C11H9BrF2N4. The minimum absolute atomic E-state index is 0.147. The van der Waals surface area contributed by atoms with Gasteiger partial charge in [0.15, 0.2) is 0 Å². The van der Waals surface area contributed by atoms with E-state index in [-0.39, 0.29) is 16.0 Å². The third-order valence-electron chi connectivity index (χ3n) is 2.22. The highest BCUT2D eigenvalue weighted by Gasteiger charge is 2.09. The van der Waals surface area contributed by atoms with Crippen LogP contribution in [0.3, 0.4) is 0 Å². The summed E-state index contributed by atoms with van der Waals surface area (Å²) in [5, 5.41) is 3.95. The van der Waals surface area contributed by atoms with E-state index in [0.29, 0.717) is 5.69 Å². The lowest BCUT2D eigenvalue weighted by molar-refractivity contribution is 0.570. The minimum Gasteiger partial charge on any atom is -0.368 e. The lowest BCUT2D eigenvalue weighted by Crippen LogP contribution is -1.98. The first kappa shape index (κ1) is 12.7. The third kappa shape index (κ3) is 2.40. The number of imidazole rings is 1. The quantitative estimate of drug-likeness (QED) is 0.684. The second kappa shape index (κ2) is 4.85. The molecule has 0 atom stereocenters. The van der Waals surface area contributed by atoms with Crippen LogP contribution in [0.25, 0.3) is 0 Å². The van der Waals surface area contributed by atoms with Crippen molar-refractivity contribution in [3.05, 3.63) is 45.7 Å². The molecule has 7 heteroatoms. The van der Waals surface area contributed by atoms with Crippen LogP contribution in [0.2, 0.25) is 0 Å². The Balaban J connectivity index is 2.35. The number of hydrogen-bond donors (Lipinski definition) is 1. The molecule has 0 amide bonds. The Morgan fingerprint density at radius 3 is 2.78 bits per heavy atom. The Hall–Kier alpha value is -1.76. The van der Waals surface area contributed by atoms with Gasteiger partial charge in [0, 0.05) is 5.56 Å². The second-order valence-corrected chi connectivity index (χ2v) is 4.39. The lowest BCUT2D eigenvalue weighted by atomic mass is 10.2. The SMILES string of the molecule is Cc1cn(N=Cc2ccc(F)c(Br)c2F)c(N)n1. The first-order chi connectivity index (χ1) is 8.49. The summed E-state index contributed by atoms with van der Waals surface area (Å²) in [6, 6.07) is 2.44. The summed E-state index contributed by atoms with van der Waals surface area (Å²) in [6.45, 7) is 1.76. The van der Waals surface area contributed by atoms with Crippen LogP contribution in [0.4, 0.5) is 14.7 Å². The Bertz CT molecular complexity index is 622. The van der Waals surface area contributed by atoms with E-state index in [1.165, 1.54) is 17.0 Å². The van der Waals surface area contributed by atoms with E-state index >= 15 is 0 Å². The van der Waals surface area contributed by atoms with Crippen molar-refractivity contribution < 1.29 is 8.78 Å². The number of anilines is 1. The minimum atomic E-state index is -0.714. The summed E-state index contributed by atoms with van der Waals surface area (Å²) in [5.74, 6) is -1.18. The highest BCUT2D eigenvalue weighted by atomic mass is 79.9. The summed E-state index contributed by atoms with van der Waals surface area (Å²) in [7, 11) is 0.